The Morgan fingerprint density at radius 1 is 1.38 bits per heavy atom. The Morgan fingerprint density at radius 2 is 2.22 bits per heavy atom. The van der Waals surface area contributed by atoms with Crippen molar-refractivity contribution in [3.05, 3.63) is 29.6 Å². The summed E-state index contributed by atoms with van der Waals surface area (Å²) >= 11 is 0. The van der Waals surface area contributed by atoms with E-state index in [1.54, 1.807) is 19.5 Å². The summed E-state index contributed by atoms with van der Waals surface area (Å²) in [4.78, 5) is 13.9. The van der Waals surface area contributed by atoms with Gasteiger partial charge in [0.25, 0.3) is 0 Å². The quantitative estimate of drug-likeness (QED) is 0.205. The second-order valence-electron chi connectivity index (χ2n) is 7.01. The molecule has 0 saturated carbocycles. The van der Waals surface area contributed by atoms with Crippen molar-refractivity contribution in [2.24, 2.45) is 5.10 Å². The summed E-state index contributed by atoms with van der Waals surface area (Å²) in [7, 11) is 1.67. The van der Waals surface area contributed by atoms with E-state index in [2.05, 4.69) is 33.7 Å². The molecular weight excluding hydrogens is 406 g/mol. The van der Waals surface area contributed by atoms with E-state index in [0.29, 0.717) is 43.8 Å². The number of anilines is 3. The molecule has 32 heavy (non-hydrogen) atoms. The largest absolute Gasteiger partial charge is 0.383 e. The van der Waals surface area contributed by atoms with Crippen LogP contribution in [0.2, 0.25) is 0 Å². The van der Waals surface area contributed by atoms with Gasteiger partial charge in [0, 0.05) is 32.1 Å². The third kappa shape index (κ3) is 5.50. The van der Waals surface area contributed by atoms with E-state index >= 15 is 0 Å². The molecule has 3 rings (SSSR count). The molecule has 0 aromatic carbocycles. The van der Waals surface area contributed by atoms with Gasteiger partial charge < -0.3 is 15.4 Å². The van der Waals surface area contributed by atoms with Gasteiger partial charge >= 0.3 is 0 Å². The van der Waals surface area contributed by atoms with Crippen molar-refractivity contribution in [3.63, 3.8) is 0 Å². The van der Waals surface area contributed by atoms with Crippen LogP contribution in [0.25, 0.3) is 11.0 Å². The SMILES string of the molecule is C#CN(CCNc1nc(Nc2cc(C)ccn2)c2c(n1)c(CC)nn2CCOC)/N=C\C. The Kier molecular flexibility index (Phi) is 7.94. The molecule has 0 saturated heterocycles. The normalized spacial score (nSPS) is 11.1. The third-order valence-electron chi connectivity index (χ3n) is 4.67. The highest BCUT2D eigenvalue weighted by Crippen LogP contribution is 2.27. The van der Waals surface area contributed by atoms with Crippen molar-refractivity contribution in [1.29, 1.82) is 0 Å². The molecule has 0 amide bonds. The molecule has 168 valence electrons. The number of rotatable bonds is 11. The van der Waals surface area contributed by atoms with Gasteiger partial charge in [0.1, 0.15) is 16.9 Å². The van der Waals surface area contributed by atoms with E-state index in [9.17, 15) is 0 Å². The number of nitrogens with one attached hydrogen (secondary N) is 2. The van der Waals surface area contributed by atoms with Crippen LogP contribution >= 0.6 is 0 Å². The molecule has 0 aliphatic heterocycles. The summed E-state index contributed by atoms with van der Waals surface area (Å²) in [6, 6.07) is 6.43. The van der Waals surface area contributed by atoms with Gasteiger partial charge in [0.05, 0.1) is 25.4 Å². The fourth-order valence-electron chi connectivity index (χ4n) is 3.18. The minimum absolute atomic E-state index is 0.478. The number of hydrogen-bond acceptors (Lipinski definition) is 9. The number of terminal acetylenes is 1. The Bertz CT molecular complexity index is 1120. The molecule has 0 fully saturated rings. The molecule has 0 bridgehead atoms. The maximum atomic E-state index is 5.48. The highest BCUT2D eigenvalue weighted by atomic mass is 16.5. The van der Waals surface area contributed by atoms with E-state index in [4.69, 9.17) is 26.2 Å². The summed E-state index contributed by atoms with van der Waals surface area (Å²) in [6.45, 7) is 8.04. The number of fused-ring (bicyclic) bond motifs is 1. The molecule has 2 N–H and O–H groups in total. The van der Waals surface area contributed by atoms with Crippen molar-refractivity contribution < 1.29 is 4.74 Å². The second kappa shape index (κ2) is 11.1. The Hall–Kier alpha value is -3.71. The fourth-order valence-corrected chi connectivity index (χ4v) is 3.18. The smallest absolute Gasteiger partial charge is 0.225 e. The zero-order valence-electron chi connectivity index (χ0n) is 19.0. The zero-order chi connectivity index (χ0) is 22.9. The molecule has 0 unspecified atom stereocenters. The summed E-state index contributed by atoms with van der Waals surface area (Å²) in [5, 5.41) is 17.0. The summed E-state index contributed by atoms with van der Waals surface area (Å²) in [6.07, 6.45) is 9.64. The van der Waals surface area contributed by atoms with Gasteiger partial charge in [0.15, 0.2) is 5.82 Å². The van der Waals surface area contributed by atoms with Crippen LogP contribution in [0.15, 0.2) is 23.4 Å². The van der Waals surface area contributed by atoms with Crippen molar-refractivity contribution >= 4 is 34.8 Å². The summed E-state index contributed by atoms with van der Waals surface area (Å²) < 4.78 is 7.15. The first-order chi connectivity index (χ1) is 15.6. The molecule has 0 spiro atoms. The maximum Gasteiger partial charge on any atom is 0.225 e. The van der Waals surface area contributed by atoms with Gasteiger partial charge in [-0.25, -0.2) is 15.0 Å². The average molecular weight is 436 g/mol. The first-order valence-corrected chi connectivity index (χ1v) is 10.5. The van der Waals surface area contributed by atoms with Gasteiger partial charge in [0.2, 0.25) is 5.95 Å². The van der Waals surface area contributed by atoms with E-state index < -0.39 is 0 Å². The predicted molar refractivity (Wildman–Crippen MR) is 127 cm³/mol. The number of aromatic nitrogens is 5. The molecule has 3 aromatic rings. The van der Waals surface area contributed by atoms with E-state index in [-0.39, 0.29) is 0 Å². The van der Waals surface area contributed by atoms with E-state index in [1.165, 1.54) is 5.01 Å². The van der Waals surface area contributed by atoms with Crippen molar-refractivity contribution in [1.82, 2.24) is 29.7 Å². The predicted octanol–water partition coefficient (Wildman–Crippen LogP) is 2.79. The zero-order valence-corrected chi connectivity index (χ0v) is 19.0. The lowest BCUT2D eigenvalue weighted by Crippen LogP contribution is -2.21. The molecule has 3 aromatic heterocycles. The maximum absolute atomic E-state index is 5.48. The van der Waals surface area contributed by atoms with Crippen LogP contribution in [-0.2, 0) is 17.7 Å². The number of hydrazone groups is 1. The average Bonchev–Trinajstić information content (AvgIpc) is 3.15. The van der Waals surface area contributed by atoms with Crippen LogP contribution in [0.4, 0.5) is 17.6 Å². The summed E-state index contributed by atoms with van der Waals surface area (Å²) in [5.41, 5.74) is 3.59. The van der Waals surface area contributed by atoms with Crippen LogP contribution in [0.1, 0.15) is 25.1 Å². The highest BCUT2D eigenvalue weighted by Gasteiger charge is 2.18. The minimum atomic E-state index is 0.478. The fraction of sp³-hybridized carbons (Fsp3) is 0.409. The molecule has 10 heteroatoms. The second-order valence-corrected chi connectivity index (χ2v) is 7.01. The molecular formula is C22H29N9O. The molecule has 0 aliphatic carbocycles. The number of methoxy groups -OCH3 is 1. The Morgan fingerprint density at radius 3 is 2.91 bits per heavy atom. The lowest BCUT2D eigenvalue weighted by atomic mass is 10.2. The van der Waals surface area contributed by atoms with Gasteiger partial charge in [-0.2, -0.15) is 15.2 Å². The minimum Gasteiger partial charge on any atom is -0.383 e. The van der Waals surface area contributed by atoms with E-state index in [1.807, 2.05) is 30.7 Å². The van der Waals surface area contributed by atoms with Crippen LogP contribution in [0, 0.1) is 19.4 Å². The Labute approximate surface area is 188 Å². The van der Waals surface area contributed by atoms with E-state index in [0.717, 1.165) is 28.7 Å². The number of ether oxygens (including phenoxy) is 1. The standard InChI is InChI=1S/C22H29N9O/c1-6-17-19-20(31(29-17)13-14-32-5)21(26-18-15-16(4)9-10-23-18)28-22(27-19)24-11-12-30(8-3)25-7-2/h3,7,9-10,15H,6,11-14H2,1-2,4-5H3,(H2,23,24,26,27,28)/b25-7-. The molecule has 0 aliphatic rings. The number of hydrogen-bond donors (Lipinski definition) is 2. The van der Waals surface area contributed by atoms with Crippen molar-refractivity contribution in [3.8, 4) is 12.5 Å². The monoisotopic (exact) mass is 435 g/mol. The molecule has 3 heterocycles. The number of aryl methyl sites for hydroxylation is 2. The van der Waals surface area contributed by atoms with Crippen LogP contribution in [0.3, 0.4) is 0 Å². The van der Waals surface area contributed by atoms with Crippen molar-refractivity contribution in [2.45, 2.75) is 33.7 Å². The van der Waals surface area contributed by atoms with Crippen LogP contribution in [-0.4, -0.2) is 62.8 Å². The lowest BCUT2D eigenvalue weighted by Gasteiger charge is -2.13. The number of nitrogens with zero attached hydrogens (tertiary/aromatic N) is 7. The first-order valence-electron chi connectivity index (χ1n) is 10.5. The van der Waals surface area contributed by atoms with Crippen LogP contribution in [0.5, 0.6) is 0 Å². The third-order valence-corrected chi connectivity index (χ3v) is 4.67. The molecule has 10 nitrogen and oxygen atoms in total. The van der Waals surface area contributed by atoms with Crippen molar-refractivity contribution in [2.75, 3.05) is 37.4 Å². The van der Waals surface area contributed by atoms with Gasteiger partial charge in [-0.3, -0.25) is 4.68 Å². The Balaban J connectivity index is 1.99. The lowest BCUT2D eigenvalue weighted by molar-refractivity contribution is 0.184. The summed E-state index contributed by atoms with van der Waals surface area (Å²) in [5.74, 6) is 1.80. The van der Waals surface area contributed by atoms with Gasteiger partial charge in [-0.15, -0.1) is 0 Å². The highest BCUT2D eigenvalue weighted by molar-refractivity contribution is 5.90. The number of pyridine rings is 1. The van der Waals surface area contributed by atoms with Gasteiger partial charge in [-0.05, 0) is 38.0 Å². The molecule has 0 atom stereocenters. The van der Waals surface area contributed by atoms with Crippen LogP contribution < -0.4 is 10.6 Å². The first kappa shape index (κ1) is 23.0. The topological polar surface area (TPSA) is 105 Å². The van der Waals surface area contributed by atoms with Gasteiger partial charge in [-0.1, -0.05) is 13.3 Å². The molecule has 0 radical (unpaired) electrons.